The zero-order chi connectivity index (χ0) is 15.7. The van der Waals surface area contributed by atoms with E-state index in [0.29, 0.717) is 18.4 Å². The van der Waals surface area contributed by atoms with E-state index in [1.54, 1.807) is 24.3 Å². The third-order valence-electron chi connectivity index (χ3n) is 3.37. The molecule has 0 aliphatic carbocycles. The molecule has 0 saturated carbocycles. The number of hydrogen-bond donors (Lipinski definition) is 2. The van der Waals surface area contributed by atoms with Crippen molar-refractivity contribution < 1.29 is 14.6 Å². The Hall–Kier alpha value is -1.59. The van der Waals surface area contributed by atoms with Gasteiger partial charge in [0.25, 0.3) is 0 Å². The lowest BCUT2D eigenvalue weighted by atomic mass is 10.2. The molecule has 0 radical (unpaired) electrons. The van der Waals surface area contributed by atoms with E-state index in [-0.39, 0.29) is 5.56 Å². The van der Waals surface area contributed by atoms with Gasteiger partial charge < -0.3 is 20.1 Å². The predicted molar refractivity (Wildman–Crippen MR) is 84.1 cm³/mol. The molecular weight excluding hydrogens is 268 g/mol. The summed E-state index contributed by atoms with van der Waals surface area (Å²) in [7, 11) is 2.13. The highest BCUT2D eigenvalue weighted by Crippen LogP contribution is 2.12. The number of aromatic carboxylic acids is 1. The number of benzene rings is 1. The molecule has 0 atom stereocenters. The minimum atomic E-state index is -0.937. The Morgan fingerprint density at radius 1 is 1.38 bits per heavy atom. The van der Waals surface area contributed by atoms with Crippen LogP contribution < -0.4 is 10.1 Å². The lowest BCUT2D eigenvalue weighted by molar-refractivity contribution is 0.0696. The van der Waals surface area contributed by atoms with Crippen LogP contribution in [0.25, 0.3) is 0 Å². The maximum atomic E-state index is 10.8. The molecule has 1 aromatic rings. The second-order valence-corrected chi connectivity index (χ2v) is 5.36. The molecule has 118 valence electrons. The van der Waals surface area contributed by atoms with Crippen LogP contribution in [0.2, 0.25) is 0 Å². The Labute approximate surface area is 126 Å². The molecule has 5 nitrogen and oxygen atoms in total. The summed E-state index contributed by atoms with van der Waals surface area (Å²) in [5.41, 5.74) is 0.247. The van der Waals surface area contributed by atoms with Gasteiger partial charge in [-0.25, -0.2) is 4.79 Å². The van der Waals surface area contributed by atoms with Crippen molar-refractivity contribution in [3.05, 3.63) is 29.8 Å². The average molecular weight is 294 g/mol. The Balaban J connectivity index is 2.12. The summed E-state index contributed by atoms with van der Waals surface area (Å²) in [4.78, 5) is 13.1. The number of nitrogens with one attached hydrogen (secondary N) is 1. The number of carboxylic acid groups (broad SMARTS) is 1. The van der Waals surface area contributed by atoms with Crippen LogP contribution in [0.1, 0.15) is 30.6 Å². The summed E-state index contributed by atoms with van der Waals surface area (Å²) in [6.45, 7) is 7.69. The molecule has 5 heteroatoms. The van der Waals surface area contributed by atoms with Gasteiger partial charge in [-0.3, -0.25) is 0 Å². The number of carbonyl (C=O) groups is 1. The van der Waals surface area contributed by atoms with Gasteiger partial charge in [0.2, 0.25) is 0 Å². The van der Waals surface area contributed by atoms with Gasteiger partial charge in [-0.2, -0.15) is 0 Å². The monoisotopic (exact) mass is 294 g/mol. The van der Waals surface area contributed by atoms with E-state index in [0.717, 1.165) is 26.1 Å². The topological polar surface area (TPSA) is 61.8 Å². The molecule has 0 aliphatic rings. The van der Waals surface area contributed by atoms with Gasteiger partial charge in [-0.1, -0.05) is 6.07 Å². The summed E-state index contributed by atoms with van der Waals surface area (Å²) >= 11 is 0. The van der Waals surface area contributed by atoms with Crippen molar-refractivity contribution in [2.45, 2.75) is 26.3 Å². The van der Waals surface area contributed by atoms with Crippen molar-refractivity contribution in [1.29, 1.82) is 0 Å². The fraction of sp³-hybridized carbons (Fsp3) is 0.562. The van der Waals surface area contributed by atoms with Crippen LogP contribution in [0.15, 0.2) is 24.3 Å². The highest BCUT2D eigenvalue weighted by molar-refractivity contribution is 5.87. The fourth-order valence-corrected chi connectivity index (χ4v) is 1.80. The molecule has 0 amide bonds. The van der Waals surface area contributed by atoms with Crippen molar-refractivity contribution in [2.75, 3.05) is 33.3 Å². The van der Waals surface area contributed by atoms with Gasteiger partial charge >= 0.3 is 5.97 Å². The maximum absolute atomic E-state index is 10.8. The number of hydrogen-bond acceptors (Lipinski definition) is 4. The average Bonchev–Trinajstić information content (AvgIpc) is 2.46. The Bertz CT molecular complexity index is 435. The minimum absolute atomic E-state index is 0.247. The van der Waals surface area contributed by atoms with Crippen LogP contribution in [0, 0.1) is 0 Å². The summed E-state index contributed by atoms with van der Waals surface area (Å²) in [6, 6.07) is 7.13. The molecular formula is C16H26N2O3. The molecule has 0 spiro atoms. The normalized spacial score (nSPS) is 11.1. The van der Waals surface area contributed by atoms with E-state index in [1.165, 1.54) is 0 Å². The quantitative estimate of drug-likeness (QED) is 0.647. The number of carboxylic acids is 1. The third kappa shape index (κ3) is 7.11. The third-order valence-corrected chi connectivity index (χ3v) is 3.37. The molecule has 0 aromatic heterocycles. The summed E-state index contributed by atoms with van der Waals surface area (Å²) in [5, 5.41) is 12.2. The van der Waals surface area contributed by atoms with E-state index < -0.39 is 5.97 Å². The summed E-state index contributed by atoms with van der Waals surface area (Å²) in [5.74, 6) is -0.343. The predicted octanol–water partition coefficient (Wildman–Crippen LogP) is 2.08. The van der Waals surface area contributed by atoms with E-state index in [1.807, 2.05) is 0 Å². The molecule has 0 heterocycles. The molecule has 21 heavy (non-hydrogen) atoms. The van der Waals surface area contributed by atoms with Gasteiger partial charge in [0.05, 0.1) is 5.56 Å². The largest absolute Gasteiger partial charge is 0.492 e. The van der Waals surface area contributed by atoms with E-state index >= 15 is 0 Å². The highest BCUT2D eigenvalue weighted by Gasteiger charge is 2.04. The van der Waals surface area contributed by atoms with Crippen LogP contribution in [-0.4, -0.2) is 55.3 Å². The van der Waals surface area contributed by atoms with Crippen LogP contribution in [0.4, 0.5) is 0 Å². The van der Waals surface area contributed by atoms with Gasteiger partial charge in [0.1, 0.15) is 12.4 Å². The summed E-state index contributed by atoms with van der Waals surface area (Å²) in [6.07, 6.45) is 1.10. The first-order chi connectivity index (χ1) is 10.0. The lowest BCUT2D eigenvalue weighted by Crippen LogP contribution is -2.30. The van der Waals surface area contributed by atoms with Gasteiger partial charge in [0, 0.05) is 12.6 Å². The first-order valence-corrected chi connectivity index (χ1v) is 7.38. The SMILES string of the molecule is CC(C)N(C)CCCNCCOc1cccc(C(=O)O)c1. The Morgan fingerprint density at radius 3 is 2.81 bits per heavy atom. The van der Waals surface area contributed by atoms with Crippen molar-refractivity contribution in [2.24, 2.45) is 0 Å². The van der Waals surface area contributed by atoms with Gasteiger partial charge in [-0.05, 0) is 58.6 Å². The number of ether oxygens (including phenoxy) is 1. The minimum Gasteiger partial charge on any atom is -0.492 e. The second kappa shape index (κ2) is 9.37. The maximum Gasteiger partial charge on any atom is 0.335 e. The van der Waals surface area contributed by atoms with Gasteiger partial charge in [0.15, 0.2) is 0 Å². The van der Waals surface area contributed by atoms with E-state index in [2.05, 4.69) is 31.1 Å². The molecule has 1 rings (SSSR count). The molecule has 1 aromatic carbocycles. The van der Waals surface area contributed by atoms with Crippen LogP contribution >= 0.6 is 0 Å². The van der Waals surface area contributed by atoms with Crippen LogP contribution in [0.3, 0.4) is 0 Å². The lowest BCUT2D eigenvalue weighted by Gasteiger charge is -2.20. The number of nitrogens with zero attached hydrogens (tertiary/aromatic N) is 1. The second-order valence-electron chi connectivity index (χ2n) is 5.36. The zero-order valence-electron chi connectivity index (χ0n) is 13.1. The first-order valence-electron chi connectivity index (χ1n) is 7.38. The zero-order valence-corrected chi connectivity index (χ0v) is 13.1. The van der Waals surface area contributed by atoms with Crippen LogP contribution in [-0.2, 0) is 0 Å². The standard InChI is InChI=1S/C16H26N2O3/c1-13(2)18(3)10-5-8-17-9-11-21-15-7-4-6-14(12-15)16(19)20/h4,6-7,12-13,17H,5,8-11H2,1-3H3,(H,19,20). The molecule has 2 N–H and O–H groups in total. The first kappa shape index (κ1) is 17.5. The van der Waals surface area contributed by atoms with Gasteiger partial charge in [-0.15, -0.1) is 0 Å². The van der Waals surface area contributed by atoms with Crippen molar-refractivity contribution >= 4 is 5.97 Å². The Morgan fingerprint density at radius 2 is 2.14 bits per heavy atom. The Kier molecular flexibility index (Phi) is 7.79. The fourth-order valence-electron chi connectivity index (χ4n) is 1.80. The highest BCUT2D eigenvalue weighted by atomic mass is 16.5. The van der Waals surface area contributed by atoms with E-state index in [4.69, 9.17) is 9.84 Å². The molecule has 0 saturated heterocycles. The van der Waals surface area contributed by atoms with Crippen LogP contribution in [0.5, 0.6) is 5.75 Å². The smallest absolute Gasteiger partial charge is 0.335 e. The summed E-state index contributed by atoms with van der Waals surface area (Å²) < 4.78 is 5.53. The van der Waals surface area contributed by atoms with Crippen molar-refractivity contribution in [3.63, 3.8) is 0 Å². The molecule has 0 aliphatic heterocycles. The van der Waals surface area contributed by atoms with E-state index in [9.17, 15) is 4.79 Å². The molecule has 0 bridgehead atoms. The molecule has 0 fully saturated rings. The number of rotatable bonds is 10. The molecule has 0 unspecified atom stereocenters. The van der Waals surface area contributed by atoms with Crippen molar-refractivity contribution in [1.82, 2.24) is 10.2 Å². The van der Waals surface area contributed by atoms with Crippen molar-refractivity contribution in [3.8, 4) is 5.75 Å².